The Bertz CT molecular complexity index is 99.1. The van der Waals surface area contributed by atoms with Crippen LogP contribution in [-0.4, -0.2) is 31.3 Å². The number of hydrogen-bond donors (Lipinski definition) is 5. The summed E-state index contributed by atoms with van der Waals surface area (Å²) in [7, 11) is 0. The van der Waals surface area contributed by atoms with Crippen molar-refractivity contribution in [2.24, 2.45) is 22.9 Å². The largest absolute Gasteiger partial charge is 0.377 e. The number of rotatable bonds is 6. The Morgan fingerprint density at radius 3 is 1.54 bits per heavy atom. The van der Waals surface area contributed by atoms with Gasteiger partial charge in [0.15, 0.2) is 5.11 Å². The predicted molar refractivity (Wildman–Crippen MR) is 61.2 cm³/mol. The zero-order valence-electron chi connectivity index (χ0n) is 7.96. The van der Waals surface area contributed by atoms with Gasteiger partial charge in [0, 0.05) is 0 Å². The van der Waals surface area contributed by atoms with Crippen LogP contribution in [0.2, 0.25) is 0 Å². The fourth-order valence-corrected chi connectivity index (χ4v) is 0.579. The maximum atomic E-state index is 5.28. The molecule has 0 heterocycles. The Balaban J connectivity index is 0. The number of thiocarbonyl (C=S) groups is 1. The van der Waals surface area contributed by atoms with E-state index in [1.807, 2.05) is 0 Å². The van der Waals surface area contributed by atoms with Crippen LogP contribution >= 0.6 is 12.2 Å². The van der Waals surface area contributed by atoms with Crippen molar-refractivity contribution in [2.45, 2.75) is 12.8 Å². The molecule has 0 spiro atoms. The van der Waals surface area contributed by atoms with Crippen molar-refractivity contribution in [2.75, 3.05) is 26.2 Å². The van der Waals surface area contributed by atoms with E-state index in [0.29, 0.717) is 0 Å². The van der Waals surface area contributed by atoms with Crippen molar-refractivity contribution in [1.82, 2.24) is 5.32 Å². The van der Waals surface area contributed by atoms with E-state index in [0.717, 1.165) is 39.0 Å². The molecule has 0 saturated heterocycles. The van der Waals surface area contributed by atoms with Gasteiger partial charge in [0.05, 0.1) is 0 Å². The van der Waals surface area contributed by atoms with E-state index in [1.54, 1.807) is 0 Å². The zero-order chi connectivity index (χ0) is 10.5. The SMILES string of the molecule is NC(N)=S.NCCCNCCCN. The highest BCUT2D eigenvalue weighted by atomic mass is 32.1. The number of hydrogen-bond acceptors (Lipinski definition) is 4. The first kappa shape index (κ1) is 15.1. The van der Waals surface area contributed by atoms with Gasteiger partial charge in [-0.1, -0.05) is 0 Å². The molecule has 0 aromatic rings. The lowest BCUT2D eigenvalue weighted by molar-refractivity contribution is 0.631. The molecule has 9 N–H and O–H groups in total. The molecule has 0 amide bonds. The van der Waals surface area contributed by atoms with Crippen molar-refractivity contribution in [3.8, 4) is 0 Å². The van der Waals surface area contributed by atoms with Crippen LogP contribution in [0.4, 0.5) is 0 Å². The first-order valence-corrected chi connectivity index (χ1v) is 4.71. The van der Waals surface area contributed by atoms with E-state index in [9.17, 15) is 0 Å². The highest BCUT2D eigenvalue weighted by Crippen LogP contribution is 1.72. The Hall–Kier alpha value is -0.430. The molecule has 0 atom stereocenters. The summed E-state index contributed by atoms with van der Waals surface area (Å²) in [6.07, 6.45) is 2.12. The molecule has 80 valence electrons. The van der Waals surface area contributed by atoms with Crippen molar-refractivity contribution >= 4 is 17.3 Å². The predicted octanol–water partition coefficient (Wildman–Crippen LogP) is -1.54. The Kier molecular flexibility index (Phi) is 16.4. The lowest BCUT2D eigenvalue weighted by Crippen LogP contribution is -2.21. The van der Waals surface area contributed by atoms with E-state index in [1.165, 1.54) is 0 Å². The van der Waals surface area contributed by atoms with Gasteiger partial charge in [0.1, 0.15) is 0 Å². The van der Waals surface area contributed by atoms with E-state index >= 15 is 0 Å². The third-order valence-corrected chi connectivity index (χ3v) is 1.12. The fourth-order valence-electron chi connectivity index (χ4n) is 0.579. The molecule has 0 rings (SSSR count). The van der Waals surface area contributed by atoms with Crippen LogP contribution < -0.4 is 28.3 Å². The Morgan fingerprint density at radius 2 is 1.31 bits per heavy atom. The molecule has 0 radical (unpaired) electrons. The minimum Gasteiger partial charge on any atom is -0.377 e. The summed E-state index contributed by atoms with van der Waals surface area (Å²) in [6.45, 7) is 3.60. The standard InChI is InChI=1S/C6H17N3.CH4N2S/c7-3-1-5-9-6-2-4-8;2-1(3)4/h9H,1-8H2;(H4,2,3,4). The Labute approximate surface area is 85.2 Å². The first-order chi connectivity index (χ1) is 6.15. The highest BCUT2D eigenvalue weighted by Gasteiger charge is 1.83. The fraction of sp³-hybridized carbons (Fsp3) is 0.857. The molecule has 5 nitrogen and oxygen atoms in total. The molecule has 0 aromatic carbocycles. The number of nitrogens with one attached hydrogen (secondary N) is 1. The molecule has 0 bridgehead atoms. The van der Waals surface area contributed by atoms with Crippen LogP contribution in [-0.2, 0) is 0 Å². The minimum atomic E-state index is 0.000000000000000222. The molecular weight excluding hydrogens is 186 g/mol. The molecule has 0 fully saturated rings. The normalized spacial score (nSPS) is 8.77. The molecule has 0 saturated carbocycles. The van der Waals surface area contributed by atoms with Gasteiger partial charge in [-0.15, -0.1) is 0 Å². The van der Waals surface area contributed by atoms with Crippen molar-refractivity contribution in [3.63, 3.8) is 0 Å². The highest BCUT2D eigenvalue weighted by molar-refractivity contribution is 7.80. The van der Waals surface area contributed by atoms with E-state index < -0.39 is 0 Å². The summed E-state index contributed by atoms with van der Waals surface area (Å²) >= 11 is 4.09. The third kappa shape index (κ3) is 34.2. The van der Waals surface area contributed by atoms with Crippen molar-refractivity contribution in [3.05, 3.63) is 0 Å². The average molecular weight is 207 g/mol. The lowest BCUT2D eigenvalue weighted by Gasteiger charge is -2.00. The second kappa shape index (κ2) is 14.1. The topological polar surface area (TPSA) is 116 Å². The molecule has 0 aliphatic carbocycles. The monoisotopic (exact) mass is 207 g/mol. The van der Waals surface area contributed by atoms with Crippen molar-refractivity contribution in [1.29, 1.82) is 0 Å². The summed E-state index contributed by atoms with van der Waals surface area (Å²) in [4.78, 5) is 0. The van der Waals surface area contributed by atoms with Crippen LogP contribution in [0.5, 0.6) is 0 Å². The molecule has 6 heteroatoms. The Morgan fingerprint density at radius 1 is 1.00 bits per heavy atom. The van der Waals surface area contributed by atoms with Crippen molar-refractivity contribution < 1.29 is 0 Å². The quantitative estimate of drug-likeness (QED) is 0.266. The molecule has 0 aliphatic rings. The molecule has 0 aromatic heterocycles. The second-order valence-corrected chi connectivity index (χ2v) is 2.91. The molecule has 0 unspecified atom stereocenters. The maximum absolute atomic E-state index is 5.28. The summed E-state index contributed by atoms with van der Waals surface area (Å²) < 4.78 is 0. The van der Waals surface area contributed by atoms with Gasteiger partial charge in [-0.3, -0.25) is 0 Å². The lowest BCUT2D eigenvalue weighted by atomic mass is 10.4. The summed E-state index contributed by atoms with van der Waals surface area (Å²) in [5.74, 6) is 0. The summed E-state index contributed by atoms with van der Waals surface area (Å²) in [5, 5.41) is 3.23. The van der Waals surface area contributed by atoms with Crippen LogP contribution in [0.25, 0.3) is 0 Å². The minimum absolute atomic E-state index is 0.000000000000000222. The first-order valence-electron chi connectivity index (χ1n) is 4.31. The molecule has 13 heavy (non-hydrogen) atoms. The smallest absolute Gasteiger partial charge is 0.160 e. The molecule has 0 aliphatic heterocycles. The van der Waals surface area contributed by atoms with E-state index in [-0.39, 0.29) is 5.11 Å². The van der Waals surface area contributed by atoms with Crippen LogP contribution in [0, 0.1) is 0 Å². The van der Waals surface area contributed by atoms with Gasteiger partial charge < -0.3 is 28.3 Å². The van der Waals surface area contributed by atoms with Gasteiger partial charge in [0.2, 0.25) is 0 Å². The van der Waals surface area contributed by atoms with Gasteiger partial charge in [0.25, 0.3) is 0 Å². The van der Waals surface area contributed by atoms with Gasteiger partial charge in [-0.2, -0.15) is 0 Å². The van der Waals surface area contributed by atoms with Crippen LogP contribution in [0.1, 0.15) is 12.8 Å². The zero-order valence-corrected chi connectivity index (χ0v) is 8.78. The van der Waals surface area contributed by atoms with Gasteiger partial charge in [-0.25, -0.2) is 0 Å². The van der Waals surface area contributed by atoms with Gasteiger partial charge in [-0.05, 0) is 51.2 Å². The van der Waals surface area contributed by atoms with Crippen LogP contribution in [0.3, 0.4) is 0 Å². The summed E-state index contributed by atoms with van der Waals surface area (Å²) in [6, 6.07) is 0. The van der Waals surface area contributed by atoms with Crippen LogP contribution in [0.15, 0.2) is 0 Å². The summed E-state index contributed by atoms with van der Waals surface area (Å²) in [5.41, 5.74) is 19.8. The van der Waals surface area contributed by atoms with E-state index in [2.05, 4.69) is 29.0 Å². The second-order valence-electron chi connectivity index (χ2n) is 2.44. The average Bonchev–Trinajstić information content (AvgIpc) is 2.03. The third-order valence-electron chi connectivity index (χ3n) is 1.12. The molecular formula is C7H21N5S. The maximum Gasteiger partial charge on any atom is 0.160 e. The van der Waals surface area contributed by atoms with Gasteiger partial charge >= 0.3 is 0 Å². The van der Waals surface area contributed by atoms with E-state index in [4.69, 9.17) is 11.5 Å². The number of nitrogens with two attached hydrogens (primary N) is 4.